The number of anilines is 1. The highest BCUT2D eigenvalue weighted by Crippen LogP contribution is 2.48. The smallest absolute Gasteiger partial charge is 0.150 e. The summed E-state index contributed by atoms with van der Waals surface area (Å²) in [5, 5.41) is 1.11. The van der Waals surface area contributed by atoms with Crippen molar-refractivity contribution in [2.75, 3.05) is 5.73 Å². The lowest BCUT2D eigenvalue weighted by molar-refractivity contribution is 0.164. The lowest BCUT2D eigenvalue weighted by atomic mass is 9.67. The summed E-state index contributed by atoms with van der Waals surface area (Å²) in [6.45, 7) is 0. The molecule has 35 heavy (non-hydrogen) atoms. The van der Waals surface area contributed by atoms with Crippen LogP contribution in [0.4, 0.5) is 5.82 Å². The molecule has 5 aromatic rings. The fourth-order valence-corrected chi connectivity index (χ4v) is 5.95. The van der Waals surface area contributed by atoms with Gasteiger partial charge in [-0.1, -0.05) is 67.8 Å². The maximum atomic E-state index is 6.41. The monoisotopic (exact) mass is 459 g/mol. The Kier molecular flexibility index (Phi) is 4.83. The number of rotatable bonds is 5. The molecule has 5 nitrogen and oxygen atoms in total. The van der Waals surface area contributed by atoms with E-state index in [1.54, 1.807) is 6.20 Å². The first-order valence-electron chi connectivity index (χ1n) is 12.8. The van der Waals surface area contributed by atoms with Crippen molar-refractivity contribution in [3.63, 3.8) is 0 Å². The molecule has 2 aromatic carbocycles. The van der Waals surface area contributed by atoms with Gasteiger partial charge in [0, 0.05) is 34.8 Å². The van der Waals surface area contributed by atoms with Gasteiger partial charge in [0.2, 0.25) is 0 Å². The lowest BCUT2D eigenvalue weighted by Crippen LogP contribution is -2.27. The van der Waals surface area contributed by atoms with Gasteiger partial charge < -0.3 is 5.73 Å². The van der Waals surface area contributed by atoms with Gasteiger partial charge in [0.15, 0.2) is 0 Å². The van der Waals surface area contributed by atoms with E-state index in [-0.39, 0.29) is 0 Å². The molecule has 0 unspecified atom stereocenters. The number of nitrogens with zero attached hydrogens (tertiary/aromatic N) is 4. The third kappa shape index (κ3) is 3.57. The number of imidazole rings is 1. The third-order valence-corrected chi connectivity index (χ3v) is 8.14. The number of hydrogen-bond donors (Lipinski definition) is 1. The second-order valence-electron chi connectivity index (χ2n) is 10.4. The largest absolute Gasteiger partial charge is 0.382 e. The van der Waals surface area contributed by atoms with Crippen molar-refractivity contribution in [1.82, 2.24) is 19.4 Å². The van der Waals surface area contributed by atoms with Crippen LogP contribution in [0.1, 0.15) is 50.3 Å². The van der Waals surface area contributed by atoms with Crippen molar-refractivity contribution < 1.29 is 0 Å². The van der Waals surface area contributed by atoms with Gasteiger partial charge in [-0.05, 0) is 43.2 Å². The Morgan fingerprint density at radius 3 is 2.51 bits per heavy atom. The molecule has 5 heteroatoms. The van der Waals surface area contributed by atoms with E-state index >= 15 is 0 Å². The molecule has 3 heterocycles. The normalized spacial score (nSPS) is 20.1. The first-order valence-corrected chi connectivity index (χ1v) is 12.8. The highest BCUT2D eigenvalue weighted by molar-refractivity contribution is 5.91. The zero-order chi connectivity index (χ0) is 23.4. The third-order valence-electron chi connectivity index (χ3n) is 8.14. The summed E-state index contributed by atoms with van der Waals surface area (Å²) in [4.78, 5) is 14.6. The van der Waals surface area contributed by atoms with Gasteiger partial charge in [0.05, 0.1) is 11.2 Å². The van der Waals surface area contributed by atoms with Crippen molar-refractivity contribution in [1.29, 1.82) is 0 Å². The quantitative estimate of drug-likeness (QED) is 0.311. The van der Waals surface area contributed by atoms with E-state index in [9.17, 15) is 0 Å². The van der Waals surface area contributed by atoms with Crippen LogP contribution in [-0.2, 0) is 0 Å². The van der Waals surface area contributed by atoms with E-state index in [2.05, 4.69) is 51.8 Å². The first-order chi connectivity index (χ1) is 17.2. The average molecular weight is 460 g/mol. The maximum absolute atomic E-state index is 6.41. The summed E-state index contributed by atoms with van der Waals surface area (Å²) >= 11 is 0. The summed E-state index contributed by atoms with van der Waals surface area (Å²) in [6.07, 6.45) is 12.0. The zero-order valence-electron chi connectivity index (χ0n) is 19.8. The second kappa shape index (κ2) is 8.19. The standard InChI is InChI=1S/C30H29N5/c31-29-28-27(23-10-9-22-11-12-25(33-26(22)18-23)21-7-2-1-3-8-21)34-30(35(28)14-13-32-29)24-16-20(17-24)15-19-5-4-6-19/h1-3,7-14,18-20,24H,4-6,15-17H2,(H2,31,32). The molecule has 2 fully saturated rings. The molecule has 7 rings (SSSR count). The number of nitrogens with two attached hydrogens (primary N) is 1. The van der Waals surface area contributed by atoms with Crippen molar-refractivity contribution in [2.24, 2.45) is 11.8 Å². The van der Waals surface area contributed by atoms with E-state index in [0.717, 1.165) is 56.6 Å². The Labute approximate surface area is 205 Å². The Morgan fingerprint density at radius 1 is 0.886 bits per heavy atom. The van der Waals surface area contributed by atoms with E-state index in [1.807, 2.05) is 24.4 Å². The van der Waals surface area contributed by atoms with Gasteiger partial charge >= 0.3 is 0 Å². The SMILES string of the molecule is Nc1nccn2c(C3CC(CC4CCC4)C3)nc(-c3ccc4ccc(-c5ccccc5)nc4c3)c12. The molecule has 2 N–H and O–H groups in total. The fourth-order valence-electron chi connectivity index (χ4n) is 5.95. The van der Waals surface area contributed by atoms with Gasteiger partial charge in [-0.3, -0.25) is 4.40 Å². The molecular weight excluding hydrogens is 430 g/mol. The fraction of sp³-hybridized carbons (Fsp3) is 0.300. The summed E-state index contributed by atoms with van der Waals surface area (Å²) < 4.78 is 2.18. The van der Waals surface area contributed by atoms with Crippen LogP contribution < -0.4 is 5.73 Å². The number of nitrogen functional groups attached to an aromatic ring is 1. The molecule has 0 bridgehead atoms. The summed E-state index contributed by atoms with van der Waals surface area (Å²) in [5.41, 5.74) is 12.3. The number of pyridine rings is 1. The molecular formula is C30H29N5. The average Bonchev–Trinajstić information content (AvgIpc) is 3.22. The molecule has 3 aromatic heterocycles. The minimum atomic E-state index is 0.492. The maximum Gasteiger partial charge on any atom is 0.150 e. The van der Waals surface area contributed by atoms with Gasteiger partial charge in [0.1, 0.15) is 22.9 Å². The summed E-state index contributed by atoms with van der Waals surface area (Å²) in [7, 11) is 0. The molecule has 174 valence electrons. The van der Waals surface area contributed by atoms with Crippen LogP contribution in [0.2, 0.25) is 0 Å². The molecule has 0 atom stereocenters. The predicted octanol–water partition coefficient (Wildman–Crippen LogP) is 6.88. The van der Waals surface area contributed by atoms with Gasteiger partial charge in [-0.25, -0.2) is 15.0 Å². The first kappa shape index (κ1) is 20.6. The van der Waals surface area contributed by atoms with Crippen LogP contribution in [-0.4, -0.2) is 19.4 Å². The Hall–Kier alpha value is -3.73. The topological polar surface area (TPSA) is 69.1 Å². The highest BCUT2D eigenvalue weighted by Gasteiger charge is 2.36. The zero-order valence-corrected chi connectivity index (χ0v) is 19.8. The van der Waals surface area contributed by atoms with Gasteiger partial charge in [-0.15, -0.1) is 0 Å². The van der Waals surface area contributed by atoms with Crippen LogP contribution >= 0.6 is 0 Å². The van der Waals surface area contributed by atoms with Crippen molar-refractivity contribution in [3.05, 3.63) is 78.9 Å². The van der Waals surface area contributed by atoms with Crippen molar-refractivity contribution >= 4 is 22.2 Å². The molecule has 2 saturated carbocycles. The minimum absolute atomic E-state index is 0.492. The molecule has 0 aliphatic heterocycles. The second-order valence-corrected chi connectivity index (χ2v) is 10.4. The molecule has 0 radical (unpaired) electrons. The number of hydrogen-bond acceptors (Lipinski definition) is 4. The number of aromatic nitrogens is 4. The molecule has 0 amide bonds. The van der Waals surface area contributed by atoms with Crippen molar-refractivity contribution in [2.45, 2.75) is 44.4 Å². The Balaban J connectivity index is 1.27. The molecule has 2 aliphatic carbocycles. The predicted molar refractivity (Wildman–Crippen MR) is 141 cm³/mol. The summed E-state index contributed by atoms with van der Waals surface area (Å²) in [5.74, 6) is 3.96. The molecule has 0 spiro atoms. The number of fused-ring (bicyclic) bond motifs is 2. The van der Waals surface area contributed by atoms with Crippen LogP contribution in [0, 0.1) is 11.8 Å². The van der Waals surface area contributed by atoms with Crippen LogP contribution in [0.3, 0.4) is 0 Å². The lowest BCUT2D eigenvalue weighted by Gasteiger charge is -2.39. The Morgan fingerprint density at radius 2 is 1.71 bits per heavy atom. The number of benzene rings is 2. The van der Waals surface area contributed by atoms with Crippen LogP contribution in [0.5, 0.6) is 0 Å². The van der Waals surface area contributed by atoms with Crippen LogP contribution in [0.25, 0.3) is 38.9 Å². The minimum Gasteiger partial charge on any atom is -0.382 e. The highest BCUT2D eigenvalue weighted by atomic mass is 15.1. The van der Waals surface area contributed by atoms with Gasteiger partial charge in [-0.2, -0.15) is 0 Å². The summed E-state index contributed by atoms with van der Waals surface area (Å²) in [6, 6.07) is 20.9. The van der Waals surface area contributed by atoms with E-state index in [0.29, 0.717) is 11.7 Å². The molecule has 0 saturated heterocycles. The van der Waals surface area contributed by atoms with E-state index < -0.39 is 0 Å². The van der Waals surface area contributed by atoms with Crippen molar-refractivity contribution in [3.8, 4) is 22.5 Å². The van der Waals surface area contributed by atoms with Gasteiger partial charge in [0.25, 0.3) is 0 Å². The molecule has 2 aliphatic rings. The Bertz CT molecular complexity index is 1530. The van der Waals surface area contributed by atoms with Crippen LogP contribution in [0.15, 0.2) is 73.1 Å². The van der Waals surface area contributed by atoms with E-state index in [4.69, 9.17) is 15.7 Å². The van der Waals surface area contributed by atoms with E-state index in [1.165, 1.54) is 38.5 Å².